The minimum atomic E-state index is 0.0667. The van der Waals surface area contributed by atoms with Gasteiger partial charge in [0.2, 0.25) is 0 Å². The number of hydrogen-bond donors (Lipinski definition) is 2. The summed E-state index contributed by atoms with van der Waals surface area (Å²) in [5, 5.41) is 19.9. The molecular weight excluding hydrogens is 336 g/mol. The average Bonchev–Trinajstić information content (AvgIpc) is 2.67. The molecular formula is C24H34O3. The van der Waals surface area contributed by atoms with Crippen molar-refractivity contribution in [1.82, 2.24) is 0 Å². The monoisotopic (exact) mass is 370 g/mol. The van der Waals surface area contributed by atoms with E-state index in [1.165, 1.54) is 57.8 Å². The Bertz CT molecular complexity index is 666. The molecule has 0 fully saturated rings. The molecule has 2 rings (SSSR count). The van der Waals surface area contributed by atoms with Crippen molar-refractivity contribution in [3.8, 4) is 23.0 Å². The van der Waals surface area contributed by atoms with Gasteiger partial charge in [-0.15, -0.1) is 0 Å². The third-order valence-corrected chi connectivity index (χ3v) is 4.93. The number of hydrogen-bond acceptors (Lipinski definition) is 3. The van der Waals surface area contributed by atoms with Gasteiger partial charge in [0.15, 0.2) is 23.0 Å². The zero-order valence-corrected chi connectivity index (χ0v) is 16.6. The van der Waals surface area contributed by atoms with Crippen LogP contribution in [0.1, 0.15) is 76.7 Å². The van der Waals surface area contributed by atoms with E-state index in [1.807, 2.05) is 12.1 Å². The Balaban J connectivity index is 1.69. The van der Waals surface area contributed by atoms with Crippen molar-refractivity contribution in [2.75, 3.05) is 0 Å². The number of aromatic hydroxyl groups is 2. The second-order valence-corrected chi connectivity index (χ2v) is 7.30. The normalized spacial score (nSPS) is 10.9. The summed E-state index contributed by atoms with van der Waals surface area (Å²) in [6, 6.07) is 12.3. The van der Waals surface area contributed by atoms with Crippen molar-refractivity contribution in [3.63, 3.8) is 0 Å². The predicted octanol–water partition coefficient (Wildman–Crippen LogP) is 7.35. The molecule has 0 heterocycles. The third-order valence-electron chi connectivity index (χ3n) is 4.93. The molecule has 0 bridgehead atoms. The number of ether oxygens (including phenoxy) is 1. The number of benzene rings is 2. The van der Waals surface area contributed by atoms with Gasteiger partial charge in [-0.05, 0) is 42.7 Å². The molecule has 0 aliphatic carbocycles. The molecule has 0 radical (unpaired) electrons. The zero-order valence-electron chi connectivity index (χ0n) is 16.6. The molecule has 0 saturated carbocycles. The maximum Gasteiger partial charge on any atom is 0.169 e. The fourth-order valence-corrected chi connectivity index (χ4v) is 3.27. The van der Waals surface area contributed by atoms with Crippen molar-refractivity contribution in [2.45, 2.75) is 77.6 Å². The first-order valence-corrected chi connectivity index (χ1v) is 10.5. The van der Waals surface area contributed by atoms with Gasteiger partial charge in [-0.25, -0.2) is 0 Å². The fourth-order valence-electron chi connectivity index (χ4n) is 3.27. The Kier molecular flexibility index (Phi) is 9.61. The minimum Gasteiger partial charge on any atom is -0.504 e. The SMILES string of the molecule is CCCCCCCCCCCCc1ccc(O)c(Oc2ccccc2O)c1. The fraction of sp³-hybridized carbons (Fsp3) is 0.500. The highest BCUT2D eigenvalue weighted by molar-refractivity contribution is 5.47. The first-order chi connectivity index (χ1) is 13.2. The summed E-state index contributed by atoms with van der Waals surface area (Å²) in [5.41, 5.74) is 1.15. The zero-order chi connectivity index (χ0) is 19.3. The molecule has 0 saturated heterocycles. The van der Waals surface area contributed by atoms with Crippen LogP contribution in [0.15, 0.2) is 42.5 Å². The highest BCUT2D eigenvalue weighted by atomic mass is 16.5. The minimum absolute atomic E-state index is 0.0667. The Morgan fingerprint density at radius 3 is 1.93 bits per heavy atom. The second-order valence-electron chi connectivity index (χ2n) is 7.30. The van der Waals surface area contributed by atoms with Crippen molar-refractivity contribution in [2.24, 2.45) is 0 Å². The van der Waals surface area contributed by atoms with Crippen LogP contribution in [-0.4, -0.2) is 10.2 Å². The third kappa shape index (κ3) is 7.94. The second kappa shape index (κ2) is 12.3. The summed E-state index contributed by atoms with van der Waals surface area (Å²) in [7, 11) is 0. The van der Waals surface area contributed by atoms with E-state index in [9.17, 15) is 10.2 Å². The van der Waals surface area contributed by atoms with Gasteiger partial charge in [0.25, 0.3) is 0 Å². The van der Waals surface area contributed by atoms with Crippen LogP contribution in [0.5, 0.6) is 23.0 Å². The van der Waals surface area contributed by atoms with Crippen molar-refractivity contribution in [1.29, 1.82) is 0 Å². The van der Waals surface area contributed by atoms with Crippen LogP contribution in [0, 0.1) is 0 Å². The van der Waals surface area contributed by atoms with E-state index in [4.69, 9.17) is 4.74 Å². The summed E-state index contributed by atoms with van der Waals surface area (Å²) < 4.78 is 5.68. The number of rotatable bonds is 13. The Morgan fingerprint density at radius 2 is 1.26 bits per heavy atom. The maximum absolute atomic E-state index is 10.0. The van der Waals surface area contributed by atoms with E-state index in [0.29, 0.717) is 11.5 Å². The van der Waals surface area contributed by atoms with Gasteiger partial charge in [-0.3, -0.25) is 0 Å². The molecule has 0 aromatic heterocycles. The molecule has 27 heavy (non-hydrogen) atoms. The van der Waals surface area contributed by atoms with E-state index in [0.717, 1.165) is 18.4 Å². The highest BCUT2D eigenvalue weighted by Crippen LogP contribution is 2.35. The number of phenols is 2. The summed E-state index contributed by atoms with van der Waals surface area (Å²) in [4.78, 5) is 0. The van der Waals surface area contributed by atoms with Crippen LogP contribution in [-0.2, 0) is 6.42 Å². The molecule has 2 aromatic rings. The lowest BCUT2D eigenvalue weighted by molar-refractivity contribution is 0.385. The van der Waals surface area contributed by atoms with Crippen LogP contribution >= 0.6 is 0 Å². The van der Waals surface area contributed by atoms with Gasteiger partial charge in [0.1, 0.15) is 0 Å². The predicted molar refractivity (Wildman–Crippen MR) is 112 cm³/mol. The molecule has 2 aromatic carbocycles. The van der Waals surface area contributed by atoms with Crippen LogP contribution in [0.25, 0.3) is 0 Å². The first-order valence-electron chi connectivity index (χ1n) is 10.5. The van der Waals surface area contributed by atoms with Gasteiger partial charge in [0, 0.05) is 0 Å². The number of para-hydroxylation sites is 2. The average molecular weight is 371 g/mol. The van der Waals surface area contributed by atoms with E-state index in [2.05, 4.69) is 6.92 Å². The molecule has 148 valence electrons. The lowest BCUT2D eigenvalue weighted by Gasteiger charge is -2.11. The molecule has 0 amide bonds. The Morgan fingerprint density at radius 1 is 0.667 bits per heavy atom. The number of phenolic OH excluding ortho intramolecular Hbond substituents is 2. The molecule has 3 nitrogen and oxygen atoms in total. The van der Waals surface area contributed by atoms with Gasteiger partial charge in [0.05, 0.1) is 0 Å². The van der Waals surface area contributed by atoms with Gasteiger partial charge in [-0.1, -0.05) is 82.9 Å². The molecule has 0 atom stereocenters. The summed E-state index contributed by atoms with van der Waals surface area (Å²) >= 11 is 0. The molecule has 3 heteroatoms. The lowest BCUT2D eigenvalue weighted by atomic mass is 10.0. The number of aryl methyl sites for hydroxylation is 1. The summed E-state index contributed by atoms with van der Waals surface area (Å²) in [5.74, 6) is 0.895. The van der Waals surface area contributed by atoms with Gasteiger partial charge < -0.3 is 14.9 Å². The molecule has 0 unspecified atom stereocenters. The molecule has 0 spiro atoms. The topological polar surface area (TPSA) is 49.7 Å². The first kappa shape index (κ1) is 21.1. The van der Waals surface area contributed by atoms with E-state index < -0.39 is 0 Å². The molecule has 0 aliphatic heterocycles. The van der Waals surface area contributed by atoms with Crippen LogP contribution in [0.2, 0.25) is 0 Å². The Labute approximate surface area is 164 Å². The van der Waals surface area contributed by atoms with Crippen molar-refractivity contribution in [3.05, 3.63) is 48.0 Å². The lowest BCUT2D eigenvalue weighted by Crippen LogP contribution is -1.90. The van der Waals surface area contributed by atoms with Gasteiger partial charge >= 0.3 is 0 Å². The summed E-state index contributed by atoms with van der Waals surface area (Å²) in [6.07, 6.45) is 14.2. The largest absolute Gasteiger partial charge is 0.504 e. The van der Waals surface area contributed by atoms with Crippen LogP contribution in [0.4, 0.5) is 0 Å². The Hall–Kier alpha value is -2.16. The summed E-state index contributed by atoms with van der Waals surface area (Å²) in [6.45, 7) is 2.26. The standard InChI is InChI=1S/C24H34O3/c1-2-3-4-5-6-7-8-9-10-11-14-20-17-18-22(26)24(19-20)27-23-16-13-12-15-21(23)25/h12-13,15-19,25-26H,2-11,14H2,1H3. The quantitative estimate of drug-likeness (QED) is 0.362. The molecule has 2 N–H and O–H groups in total. The maximum atomic E-state index is 10.0. The van der Waals surface area contributed by atoms with Crippen molar-refractivity contribution >= 4 is 0 Å². The molecule has 0 aliphatic rings. The van der Waals surface area contributed by atoms with Crippen molar-refractivity contribution < 1.29 is 14.9 Å². The number of unbranched alkanes of at least 4 members (excludes halogenated alkanes) is 9. The van der Waals surface area contributed by atoms with E-state index >= 15 is 0 Å². The van der Waals surface area contributed by atoms with Crippen LogP contribution in [0.3, 0.4) is 0 Å². The van der Waals surface area contributed by atoms with E-state index in [1.54, 1.807) is 30.3 Å². The van der Waals surface area contributed by atoms with Crippen LogP contribution < -0.4 is 4.74 Å². The van der Waals surface area contributed by atoms with E-state index in [-0.39, 0.29) is 11.5 Å². The van der Waals surface area contributed by atoms with Gasteiger partial charge in [-0.2, -0.15) is 0 Å². The highest BCUT2D eigenvalue weighted by Gasteiger charge is 2.08. The smallest absolute Gasteiger partial charge is 0.169 e.